The van der Waals surface area contributed by atoms with Crippen LogP contribution >= 0.6 is 0 Å². The van der Waals surface area contributed by atoms with Gasteiger partial charge in [-0.1, -0.05) is 30.3 Å². The fraction of sp³-hybridized carbons (Fsp3) is 0.345. The maximum atomic E-state index is 12.3. The van der Waals surface area contributed by atoms with Crippen molar-refractivity contribution in [1.82, 2.24) is 5.32 Å². The molecular weight excluding hydrogens is 456 g/mol. The van der Waals surface area contributed by atoms with Crippen LogP contribution in [0.5, 0.6) is 23.0 Å². The van der Waals surface area contributed by atoms with Crippen molar-refractivity contribution in [3.05, 3.63) is 77.9 Å². The van der Waals surface area contributed by atoms with Crippen molar-refractivity contribution in [1.29, 1.82) is 0 Å². The second kappa shape index (κ2) is 11.4. The highest BCUT2D eigenvalue weighted by Gasteiger charge is 2.32. The lowest BCUT2D eigenvalue weighted by atomic mass is 10.0. The van der Waals surface area contributed by atoms with E-state index in [0.29, 0.717) is 43.8 Å². The van der Waals surface area contributed by atoms with Gasteiger partial charge in [0.2, 0.25) is 0 Å². The maximum absolute atomic E-state index is 12.3. The molecule has 1 unspecified atom stereocenters. The van der Waals surface area contributed by atoms with Crippen molar-refractivity contribution in [3.63, 3.8) is 0 Å². The maximum Gasteiger partial charge on any atom is 0.262 e. The molecule has 1 aliphatic carbocycles. The summed E-state index contributed by atoms with van der Waals surface area (Å²) in [6.07, 6.45) is 2.43. The van der Waals surface area contributed by atoms with Crippen LogP contribution in [-0.4, -0.2) is 32.3 Å². The monoisotopic (exact) mass is 488 g/mol. The van der Waals surface area contributed by atoms with E-state index >= 15 is 0 Å². The van der Waals surface area contributed by atoms with E-state index in [2.05, 4.69) is 22.8 Å². The lowest BCUT2D eigenvalue weighted by molar-refractivity contribution is -0.118. The molecule has 1 aliphatic heterocycles. The molecule has 2 N–H and O–H groups in total. The summed E-state index contributed by atoms with van der Waals surface area (Å²) in [4.78, 5) is 12.3. The summed E-state index contributed by atoms with van der Waals surface area (Å²) in [5.74, 6) is 3.21. The summed E-state index contributed by atoms with van der Waals surface area (Å²) in [6, 6.07) is 21.7. The van der Waals surface area contributed by atoms with Gasteiger partial charge >= 0.3 is 0 Å². The van der Waals surface area contributed by atoms with Crippen LogP contribution in [0.4, 0.5) is 5.69 Å². The second-order valence-electron chi connectivity index (χ2n) is 9.02. The van der Waals surface area contributed by atoms with E-state index in [0.717, 1.165) is 22.7 Å². The Kier molecular flexibility index (Phi) is 7.57. The predicted molar refractivity (Wildman–Crippen MR) is 138 cm³/mol. The van der Waals surface area contributed by atoms with Gasteiger partial charge in [-0.15, -0.1) is 0 Å². The Balaban J connectivity index is 1.22. The van der Waals surface area contributed by atoms with Gasteiger partial charge in [-0.05, 0) is 73.2 Å². The molecule has 0 bridgehead atoms. The van der Waals surface area contributed by atoms with E-state index in [1.165, 1.54) is 18.4 Å². The largest absolute Gasteiger partial charge is 0.490 e. The number of ether oxygens (including phenoxy) is 4. The fourth-order valence-electron chi connectivity index (χ4n) is 4.38. The van der Waals surface area contributed by atoms with E-state index in [4.69, 9.17) is 18.9 Å². The Morgan fingerprint density at radius 2 is 1.75 bits per heavy atom. The van der Waals surface area contributed by atoms with Crippen molar-refractivity contribution in [2.45, 2.75) is 32.4 Å². The van der Waals surface area contributed by atoms with Crippen molar-refractivity contribution in [3.8, 4) is 23.0 Å². The van der Waals surface area contributed by atoms with Gasteiger partial charge in [0.15, 0.2) is 29.6 Å². The van der Waals surface area contributed by atoms with Crippen molar-refractivity contribution < 1.29 is 23.7 Å². The van der Waals surface area contributed by atoms with Crippen LogP contribution < -0.4 is 29.6 Å². The molecule has 1 atom stereocenters. The number of hydrogen-bond acceptors (Lipinski definition) is 6. The molecule has 0 saturated heterocycles. The van der Waals surface area contributed by atoms with E-state index in [1.807, 2.05) is 61.5 Å². The molecule has 3 aromatic carbocycles. The summed E-state index contributed by atoms with van der Waals surface area (Å²) >= 11 is 0. The molecule has 5 rings (SSSR count). The highest BCUT2D eigenvalue weighted by atomic mass is 16.6. The molecular formula is C29H32N2O5. The Hall–Kier alpha value is -3.71. The lowest BCUT2D eigenvalue weighted by Gasteiger charge is -2.23. The van der Waals surface area contributed by atoms with Gasteiger partial charge in [0, 0.05) is 18.3 Å². The first-order valence-electron chi connectivity index (χ1n) is 12.6. The summed E-state index contributed by atoms with van der Waals surface area (Å²) in [5.41, 5.74) is 3.04. The van der Waals surface area contributed by atoms with Crippen LogP contribution in [-0.2, 0) is 11.3 Å². The van der Waals surface area contributed by atoms with Gasteiger partial charge in [0.05, 0.1) is 6.61 Å². The Labute approximate surface area is 211 Å². The molecule has 188 valence electrons. The van der Waals surface area contributed by atoms with Gasteiger partial charge in [-0.25, -0.2) is 0 Å². The minimum Gasteiger partial charge on any atom is -0.490 e. The number of para-hydroxylation sites is 1. The number of carbonyl (C=O) groups is 1. The second-order valence-corrected chi connectivity index (χ2v) is 9.02. The SMILES string of the molecule is CCOc1cc(CNC(c2ccc3c(c2)OCCO3)C2CC2)ccc1OCC(=O)Nc1ccccc1. The summed E-state index contributed by atoms with van der Waals surface area (Å²) in [7, 11) is 0. The summed E-state index contributed by atoms with van der Waals surface area (Å²) in [5, 5.41) is 6.56. The lowest BCUT2D eigenvalue weighted by Crippen LogP contribution is -2.23. The molecule has 0 radical (unpaired) electrons. The van der Waals surface area contributed by atoms with Crippen molar-refractivity contribution >= 4 is 11.6 Å². The standard InChI is InChI=1S/C29H32N2O5/c1-2-33-26-16-20(8-12-25(26)36-19-28(32)31-23-6-4-3-5-7-23)18-30-29(21-9-10-21)22-11-13-24-27(17-22)35-15-14-34-24/h3-8,11-13,16-17,21,29-30H,2,9-10,14-15,18-19H2,1H3,(H,31,32). The van der Waals surface area contributed by atoms with Crippen LogP contribution in [0.15, 0.2) is 66.7 Å². The Bertz CT molecular complexity index is 1180. The molecule has 0 spiro atoms. The summed E-state index contributed by atoms with van der Waals surface area (Å²) in [6.45, 7) is 4.20. The van der Waals surface area contributed by atoms with Gasteiger partial charge in [0.25, 0.3) is 5.91 Å². The molecule has 3 aromatic rings. The smallest absolute Gasteiger partial charge is 0.262 e. The number of fused-ring (bicyclic) bond motifs is 1. The van der Waals surface area contributed by atoms with Gasteiger partial charge < -0.3 is 29.6 Å². The molecule has 2 aliphatic rings. The quantitative estimate of drug-likeness (QED) is 0.390. The number of anilines is 1. The average Bonchev–Trinajstić information content (AvgIpc) is 3.74. The predicted octanol–water partition coefficient (Wildman–Crippen LogP) is 5.11. The normalized spacial score (nSPS) is 15.1. The van der Waals surface area contributed by atoms with Crippen LogP contribution in [0.3, 0.4) is 0 Å². The van der Waals surface area contributed by atoms with Crippen molar-refractivity contribution in [2.24, 2.45) is 5.92 Å². The number of rotatable bonds is 11. The topological polar surface area (TPSA) is 78.1 Å². The molecule has 7 nitrogen and oxygen atoms in total. The van der Waals surface area contributed by atoms with E-state index in [9.17, 15) is 4.79 Å². The highest BCUT2D eigenvalue weighted by Crippen LogP contribution is 2.43. The molecule has 7 heteroatoms. The Morgan fingerprint density at radius 3 is 2.53 bits per heavy atom. The number of hydrogen-bond donors (Lipinski definition) is 2. The number of nitrogens with one attached hydrogen (secondary N) is 2. The van der Waals surface area contributed by atoms with Gasteiger partial charge in [-0.2, -0.15) is 0 Å². The molecule has 1 fully saturated rings. The molecule has 1 heterocycles. The van der Waals surface area contributed by atoms with E-state index in [1.54, 1.807) is 0 Å². The minimum absolute atomic E-state index is 0.0968. The van der Waals surface area contributed by atoms with Crippen LogP contribution in [0.25, 0.3) is 0 Å². The third kappa shape index (κ3) is 6.10. The molecule has 1 amide bonds. The van der Waals surface area contributed by atoms with Crippen LogP contribution in [0, 0.1) is 5.92 Å². The van der Waals surface area contributed by atoms with Crippen LogP contribution in [0.1, 0.15) is 36.9 Å². The zero-order chi connectivity index (χ0) is 24.7. The number of benzene rings is 3. The van der Waals surface area contributed by atoms with Gasteiger partial charge in [0.1, 0.15) is 13.2 Å². The molecule has 0 aromatic heterocycles. The first kappa shape index (κ1) is 24.0. The van der Waals surface area contributed by atoms with E-state index < -0.39 is 0 Å². The number of amides is 1. The third-order valence-electron chi connectivity index (χ3n) is 6.27. The average molecular weight is 489 g/mol. The first-order valence-corrected chi connectivity index (χ1v) is 12.6. The van der Waals surface area contributed by atoms with Crippen molar-refractivity contribution in [2.75, 3.05) is 31.7 Å². The highest BCUT2D eigenvalue weighted by molar-refractivity contribution is 5.91. The first-order chi connectivity index (χ1) is 17.7. The summed E-state index contributed by atoms with van der Waals surface area (Å²) < 4.78 is 23.1. The molecule has 36 heavy (non-hydrogen) atoms. The molecule has 1 saturated carbocycles. The third-order valence-corrected chi connectivity index (χ3v) is 6.27. The van der Waals surface area contributed by atoms with Crippen LogP contribution in [0.2, 0.25) is 0 Å². The van der Waals surface area contributed by atoms with Gasteiger partial charge in [-0.3, -0.25) is 4.79 Å². The van der Waals surface area contributed by atoms with E-state index in [-0.39, 0.29) is 18.6 Å². The minimum atomic E-state index is -0.221. The zero-order valence-electron chi connectivity index (χ0n) is 20.5. The fourth-order valence-corrected chi connectivity index (χ4v) is 4.38. The number of carbonyl (C=O) groups excluding carboxylic acids is 1. The Morgan fingerprint density at radius 1 is 0.944 bits per heavy atom. The zero-order valence-corrected chi connectivity index (χ0v) is 20.5.